The van der Waals surface area contributed by atoms with Crippen LogP contribution in [0.1, 0.15) is 48.9 Å². The molecular weight excluding hydrogens is 642 g/mol. The van der Waals surface area contributed by atoms with Crippen LogP contribution < -0.4 is 19.8 Å². The van der Waals surface area contributed by atoms with Crippen LogP contribution in [0.15, 0.2) is 87.2 Å². The molecule has 5 aromatic rings. The van der Waals surface area contributed by atoms with Gasteiger partial charge in [0.25, 0.3) is 5.56 Å². The largest absolute Gasteiger partial charge is 0.494 e. The highest BCUT2D eigenvalue weighted by Gasteiger charge is 2.19. The van der Waals surface area contributed by atoms with E-state index >= 15 is 0 Å². The summed E-state index contributed by atoms with van der Waals surface area (Å²) in [5.41, 5.74) is 4.60. The van der Waals surface area contributed by atoms with Crippen LogP contribution in [0.5, 0.6) is 17.2 Å². The fourth-order valence-electron chi connectivity index (χ4n) is 4.92. The molecule has 0 saturated heterocycles. The Morgan fingerprint density at radius 3 is 2.48 bits per heavy atom. The van der Waals surface area contributed by atoms with Crippen molar-refractivity contribution in [1.29, 1.82) is 0 Å². The van der Waals surface area contributed by atoms with E-state index < -0.39 is 0 Å². The van der Waals surface area contributed by atoms with Gasteiger partial charge in [-0.15, -0.1) is 0 Å². The highest BCUT2D eigenvalue weighted by molar-refractivity contribution is 9.10. The molecule has 1 heterocycles. The maximum absolute atomic E-state index is 14.0. The molecule has 0 saturated carbocycles. The van der Waals surface area contributed by atoms with Gasteiger partial charge in [-0.1, -0.05) is 65.6 Å². The van der Waals surface area contributed by atoms with Crippen molar-refractivity contribution in [2.75, 3.05) is 13.7 Å². The van der Waals surface area contributed by atoms with Crippen LogP contribution in [-0.2, 0) is 6.61 Å². The van der Waals surface area contributed by atoms with E-state index in [0.29, 0.717) is 45.4 Å². The molecule has 9 heteroatoms. The summed E-state index contributed by atoms with van der Waals surface area (Å²) in [6.45, 7) is 9.01. The second kappa shape index (κ2) is 13.7. The first-order valence-electron chi connectivity index (χ1n) is 14.3. The molecule has 5 rings (SSSR count). The second-order valence-corrected chi connectivity index (χ2v) is 11.9. The molecule has 0 fully saturated rings. The molecule has 0 N–H and O–H groups in total. The standard InChI is InChI=1S/C35H33BrClN3O4/c1-6-43-31-15-22(4)29(18-28(31)21(2)3)34-39-30-10-8-7-9-27(30)35(41)40(34)38-19-24-16-25(36)17-32(42-5)33(24)44-20-23-11-13-26(37)14-12-23/h7-19,21H,6,20H2,1-5H3. The SMILES string of the molecule is CCOc1cc(C)c(-c2nc3ccccc3c(=O)n2N=Cc2cc(Br)cc(OC)c2OCc2ccc(Cl)cc2)cc1C(C)C. The number of methoxy groups -OCH3 is 1. The van der Waals surface area contributed by atoms with Crippen LogP contribution in [0.2, 0.25) is 5.02 Å². The van der Waals surface area contributed by atoms with Gasteiger partial charge in [-0.25, -0.2) is 4.98 Å². The van der Waals surface area contributed by atoms with E-state index in [-0.39, 0.29) is 18.1 Å². The van der Waals surface area contributed by atoms with Gasteiger partial charge in [0.2, 0.25) is 0 Å². The zero-order chi connectivity index (χ0) is 31.4. The van der Waals surface area contributed by atoms with Crippen molar-refractivity contribution in [2.45, 2.75) is 40.2 Å². The first-order valence-corrected chi connectivity index (χ1v) is 15.5. The van der Waals surface area contributed by atoms with Gasteiger partial charge in [-0.2, -0.15) is 9.78 Å². The van der Waals surface area contributed by atoms with E-state index in [1.807, 2.05) is 74.5 Å². The van der Waals surface area contributed by atoms with Crippen molar-refractivity contribution in [3.05, 3.63) is 115 Å². The molecule has 0 unspecified atom stereocenters. The molecule has 0 spiro atoms. The quantitative estimate of drug-likeness (QED) is 0.139. The molecule has 0 atom stereocenters. The molecule has 0 aliphatic heterocycles. The zero-order valence-corrected chi connectivity index (χ0v) is 27.6. The molecule has 0 bridgehead atoms. The predicted octanol–water partition coefficient (Wildman–Crippen LogP) is 8.78. The number of aromatic nitrogens is 2. The summed E-state index contributed by atoms with van der Waals surface area (Å²) in [5, 5.41) is 5.85. The lowest BCUT2D eigenvalue weighted by atomic mass is 9.96. The first-order chi connectivity index (χ1) is 21.2. The van der Waals surface area contributed by atoms with Crippen LogP contribution in [0, 0.1) is 6.92 Å². The topological polar surface area (TPSA) is 74.9 Å². The molecule has 0 aliphatic rings. The smallest absolute Gasteiger partial charge is 0.282 e. The van der Waals surface area contributed by atoms with E-state index in [9.17, 15) is 4.79 Å². The van der Waals surface area contributed by atoms with Crippen LogP contribution >= 0.6 is 27.5 Å². The Hall–Kier alpha value is -4.14. The highest BCUT2D eigenvalue weighted by Crippen LogP contribution is 2.36. The number of hydrogen-bond acceptors (Lipinski definition) is 6. The molecule has 44 heavy (non-hydrogen) atoms. The van der Waals surface area contributed by atoms with E-state index in [4.69, 9.17) is 35.9 Å². The fourth-order valence-corrected chi connectivity index (χ4v) is 5.50. The molecule has 1 aromatic heterocycles. The minimum Gasteiger partial charge on any atom is -0.494 e. The number of rotatable bonds is 10. The minimum atomic E-state index is -0.285. The average Bonchev–Trinajstić information content (AvgIpc) is 3.00. The maximum Gasteiger partial charge on any atom is 0.282 e. The molecule has 0 amide bonds. The lowest BCUT2D eigenvalue weighted by molar-refractivity contribution is 0.284. The number of halogens is 2. The Morgan fingerprint density at radius 2 is 1.77 bits per heavy atom. The van der Waals surface area contributed by atoms with Crippen LogP contribution in [0.25, 0.3) is 22.3 Å². The monoisotopic (exact) mass is 673 g/mol. The number of ether oxygens (including phenoxy) is 3. The second-order valence-electron chi connectivity index (χ2n) is 10.5. The van der Waals surface area contributed by atoms with Crippen LogP contribution in [0.4, 0.5) is 0 Å². The third kappa shape index (κ3) is 6.66. The summed E-state index contributed by atoms with van der Waals surface area (Å²) >= 11 is 9.62. The number of para-hydroxylation sites is 1. The first kappa shape index (κ1) is 31.3. The number of fused-ring (bicyclic) bond motifs is 1. The Kier molecular flexibility index (Phi) is 9.71. The lowest BCUT2D eigenvalue weighted by Crippen LogP contribution is -2.21. The van der Waals surface area contributed by atoms with Gasteiger partial charge in [-0.3, -0.25) is 4.79 Å². The molecule has 4 aromatic carbocycles. The zero-order valence-electron chi connectivity index (χ0n) is 25.2. The van der Waals surface area contributed by atoms with E-state index in [2.05, 4.69) is 35.8 Å². The van der Waals surface area contributed by atoms with Crippen molar-refractivity contribution < 1.29 is 14.2 Å². The van der Waals surface area contributed by atoms with Crippen molar-refractivity contribution in [1.82, 2.24) is 9.66 Å². The number of aryl methyl sites for hydroxylation is 1. The van der Waals surface area contributed by atoms with E-state index in [1.165, 1.54) is 4.68 Å². The van der Waals surface area contributed by atoms with Crippen molar-refractivity contribution in [2.24, 2.45) is 5.10 Å². The van der Waals surface area contributed by atoms with Gasteiger partial charge in [-0.05, 0) is 85.0 Å². The van der Waals surface area contributed by atoms with Gasteiger partial charge in [0.05, 0.1) is 30.8 Å². The summed E-state index contributed by atoms with van der Waals surface area (Å²) in [7, 11) is 1.58. The van der Waals surface area contributed by atoms with Crippen LogP contribution in [0.3, 0.4) is 0 Å². The van der Waals surface area contributed by atoms with Gasteiger partial charge < -0.3 is 14.2 Å². The Bertz CT molecular complexity index is 1900. The molecule has 0 aliphatic carbocycles. The summed E-state index contributed by atoms with van der Waals surface area (Å²) in [5.74, 6) is 2.44. The van der Waals surface area contributed by atoms with Crippen LogP contribution in [-0.4, -0.2) is 29.6 Å². The summed E-state index contributed by atoms with van der Waals surface area (Å²) in [6, 6.07) is 22.5. The predicted molar refractivity (Wildman–Crippen MR) is 181 cm³/mol. The number of nitrogens with zero attached hydrogens (tertiary/aromatic N) is 3. The van der Waals surface area contributed by atoms with E-state index in [0.717, 1.165) is 32.5 Å². The van der Waals surface area contributed by atoms with Crippen molar-refractivity contribution in [3.8, 4) is 28.6 Å². The van der Waals surface area contributed by atoms with Gasteiger partial charge in [0.15, 0.2) is 17.3 Å². The van der Waals surface area contributed by atoms with E-state index in [1.54, 1.807) is 19.4 Å². The molecule has 226 valence electrons. The third-order valence-corrected chi connectivity index (χ3v) is 7.86. The van der Waals surface area contributed by atoms with Crippen molar-refractivity contribution in [3.63, 3.8) is 0 Å². The molecule has 7 nitrogen and oxygen atoms in total. The van der Waals surface area contributed by atoms with Crippen molar-refractivity contribution >= 4 is 44.6 Å². The maximum atomic E-state index is 14.0. The summed E-state index contributed by atoms with van der Waals surface area (Å²) in [6.07, 6.45) is 1.60. The number of hydrogen-bond donors (Lipinski definition) is 0. The normalized spacial score (nSPS) is 11.5. The Morgan fingerprint density at radius 1 is 1.02 bits per heavy atom. The summed E-state index contributed by atoms with van der Waals surface area (Å²) < 4.78 is 20.0. The fraction of sp³-hybridized carbons (Fsp3) is 0.229. The number of benzene rings is 4. The summed E-state index contributed by atoms with van der Waals surface area (Å²) in [4.78, 5) is 18.9. The molecular formula is C35H33BrClN3O4. The van der Waals surface area contributed by atoms with Gasteiger partial charge in [0.1, 0.15) is 12.4 Å². The van der Waals surface area contributed by atoms with Gasteiger partial charge >= 0.3 is 0 Å². The Balaban J connectivity index is 1.67. The average molecular weight is 675 g/mol. The minimum absolute atomic E-state index is 0.189. The molecule has 0 radical (unpaired) electrons. The van der Waals surface area contributed by atoms with Gasteiger partial charge in [0, 0.05) is 20.6 Å². The lowest BCUT2D eigenvalue weighted by Gasteiger charge is -2.18. The third-order valence-electron chi connectivity index (χ3n) is 7.15. The highest BCUT2D eigenvalue weighted by atomic mass is 79.9. The Labute approximate surface area is 270 Å².